The van der Waals surface area contributed by atoms with Crippen LogP contribution in [-0.4, -0.2) is 0 Å². The summed E-state index contributed by atoms with van der Waals surface area (Å²) < 4.78 is 0. The van der Waals surface area contributed by atoms with Gasteiger partial charge in [-0.15, -0.1) is 11.3 Å². The second-order valence-corrected chi connectivity index (χ2v) is 10.8. The maximum Gasteiger partial charge on any atom is 0.0349 e. The highest BCUT2D eigenvalue weighted by Crippen LogP contribution is 2.38. The highest BCUT2D eigenvalue weighted by Gasteiger charge is 2.16. The average Bonchev–Trinajstić information content (AvgIpc) is 3.48. The Kier molecular flexibility index (Phi) is 5.57. The van der Waals surface area contributed by atoms with Gasteiger partial charge in [-0.2, -0.15) is 0 Å². The monoisotopic (exact) mass is 490 g/mol. The highest BCUT2D eigenvalue weighted by molar-refractivity contribution is 7.18. The zero-order valence-electron chi connectivity index (χ0n) is 20.5. The Morgan fingerprint density at radius 2 is 0.838 bits per heavy atom. The minimum Gasteiger partial charge on any atom is -0.135 e. The topological polar surface area (TPSA) is 0 Å². The summed E-state index contributed by atoms with van der Waals surface area (Å²) in [6, 6.07) is 48.8. The van der Waals surface area contributed by atoms with Crippen LogP contribution in [0.4, 0.5) is 0 Å². The van der Waals surface area contributed by atoms with Crippen LogP contribution in [0.25, 0.3) is 54.3 Å². The Bertz CT molecular complexity index is 1690. The summed E-state index contributed by atoms with van der Waals surface area (Å²) >= 11 is 1.85. The molecule has 0 bridgehead atoms. The van der Waals surface area contributed by atoms with Crippen molar-refractivity contribution in [1.82, 2.24) is 0 Å². The van der Waals surface area contributed by atoms with Crippen molar-refractivity contribution in [3.05, 3.63) is 145 Å². The summed E-state index contributed by atoms with van der Waals surface area (Å²) in [5, 5.41) is 0. The van der Waals surface area contributed by atoms with Gasteiger partial charge < -0.3 is 0 Å². The van der Waals surface area contributed by atoms with Crippen molar-refractivity contribution >= 4 is 11.3 Å². The Hall–Kier alpha value is -4.20. The van der Waals surface area contributed by atoms with Crippen LogP contribution in [0, 0.1) is 0 Å². The number of fused-ring (bicyclic) bond motifs is 3. The Labute approximate surface area is 222 Å². The average molecular weight is 491 g/mol. The molecule has 37 heavy (non-hydrogen) atoms. The molecule has 0 fully saturated rings. The van der Waals surface area contributed by atoms with Crippen molar-refractivity contribution < 1.29 is 0 Å². The Balaban J connectivity index is 1.12. The van der Waals surface area contributed by atoms with E-state index in [9.17, 15) is 0 Å². The maximum atomic E-state index is 2.39. The van der Waals surface area contributed by atoms with Crippen molar-refractivity contribution in [2.45, 2.75) is 12.8 Å². The van der Waals surface area contributed by atoms with Gasteiger partial charge in [-0.05, 0) is 80.6 Å². The van der Waals surface area contributed by atoms with E-state index in [4.69, 9.17) is 0 Å². The van der Waals surface area contributed by atoms with Crippen LogP contribution < -0.4 is 0 Å². The largest absolute Gasteiger partial charge is 0.135 e. The van der Waals surface area contributed by atoms with Crippen LogP contribution in [0.15, 0.2) is 133 Å². The van der Waals surface area contributed by atoms with Gasteiger partial charge in [0.05, 0.1) is 0 Å². The maximum absolute atomic E-state index is 2.39. The molecule has 1 aliphatic carbocycles. The van der Waals surface area contributed by atoms with Gasteiger partial charge in [0.2, 0.25) is 0 Å². The molecule has 0 saturated heterocycles. The van der Waals surface area contributed by atoms with Crippen LogP contribution in [0.5, 0.6) is 0 Å². The molecule has 1 heteroatoms. The first-order chi connectivity index (χ1) is 18.3. The molecule has 0 aliphatic heterocycles. The summed E-state index contributed by atoms with van der Waals surface area (Å²) in [6.45, 7) is 0. The molecule has 7 rings (SSSR count). The Morgan fingerprint density at radius 1 is 0.351 bits per heavy atom. The van der Waals surface area contributed by atoms with Crippen LogP contribution in [-0.2, 0) is 12.8 Å². The van der Waals surface area contributed by atoms with E-state index in [0.29, 0.717) is 0 Å². The molecule has 0 amide bonds. The zero-order valence-corrected chi connectivity index (χ0v) is 21.3. The fraction of sp³-hybridized carbons (Fsp3) is 0.0556. The number of aryl methyl sites for hydroxylation is 2. The third-order valence-corrected chi connectivity index (χ3v) is 8.65. The van der Waals surface area contributed by atoms with Gasteiger partial charge >= 0.3 is 0 Å². The molecule has 0 atom stereocenters. The molecule has 1 heterocycles. The molecular weight excluding hydrogens is 464 g/mol. The SMILES string of the molecule is c1ccc(-c2ccc(-c3ccc(-c4ccc(-c5ccc6c(c5)CCc5ccccc5-6)cc4)s3)cc2)cc1. The van der Waals surface area contributed by atoms with Crippen molar-refractivity contribution in [2.75, 3.05) is 0 Å². The summed E-state index contributed by atoms with van der Waals surface area (Å²) in [5.74, 6) is 0. The standard InChI is InChI=1S/C36H26S/c1-2-6-25(7-3-1)26-10-15-29(16-11-26)35-22-23-36(37-35)30-17-12-27(13-18-30)31-20-21-34-32(24-31)19-14-28-8-4-5-9-33(28)34/h1-13,15-18,20-24H,14,19H2. The first-order valence-corrected chi connectivity index (χ1v) is 13.7. The summed E-state index contributed by atoms with van der Waals surface area (Å²) in [5.41, 5.74) is 13.3. The normalized spacial score (nSPS) is 12.1. The van der Waals surface area contributed by atoms with E-state index in [1.54, 1.807) is 0 Å². The number of benzene rings is 5. The second-order valence-electron chi connectivity index (χ2n) is 9.71. The smallest absolute Gasteiger partial charge is 0.0349 e. The van der Waals surface area contributed by atoms with Crippen LogP contribution in [0.1, 0.15) is 11.1 Å². The van der Waals surface area contributed by atoms with Crippen LogP contribution >= 0.6 is 11.3 Å². The van der Waals surface area contributed by atoms with E-state index < -0.39 is 0 Å². The van der Waals surface area contributed by atoms with E-state index in [2.05, 4.69) is 133 Å². The molecule has 1 aromatic heterocycles. The lowest BCUT2D eigenvalue weighted by molar-refractivity contribution is 0.942. The van der Waals surface area contributed by atoms with Crippen molar-refractivity contribution in [3.8, 4) is 54.3 Å². The molecule has 5 aromatic carbocycles. The van der Waals surface area contributed by atoms with Crippen LogP contribution in [0.2, 0.25) is 0 Å². The molecular formula is C36H26S. The lowest BCUT2D eigenvalue weighted by Crippen LogP contribution is -2.03. The molecule has 0 nitrogen and oxygen atoms in total. The van der Waals surface area contributed by atoms with Gasteiger partial charge in [0.15, 0.2) is 0 Å². The predicted molar refractivity (Wildman–Crippen MR) is 159 cm³/mol. The van der Waals surface area contributed by atoms with Gasteiger partial charge in [-0.25, -0.2) is 0 Å². The fourth-order valence-electron chi connectivity index (χ4n) is 5.45. The van der Waals surface area contributed by atoms with E-state index in [-0.39, 0.29) is 0 Å². The lowest BCUT2D eigenvalue weighted by Gasteiger charge is -2.20. The number of rotatable bonds is 4. The van der Waals surface area contributed by atoms with Crippen molar-refractivity contribution in [1.29, 1.82) is 0 Å². The molecule has 0 radical (unpaired) electrons. The molecule has 176 valence electrons. The minimum absolute atomic E-state index is 1.11. The lowest BCUT2D eigenvalue weighted by atomic mass is 9.84. The predicted octanol–water partition coefficient (Wildman–Crippen LogP) is 10.2. The molecule has 0 N–H and O–H groups in total. The van der Waals surface area contributed by atoms with E-state index in [0.717, 1.165) is 12.8 Å². The van der Waals surface area contributed by atoms with E-state index in [1.165, 1.54) is 65.4 Å². The number of thiophene rings is 1. The summed E-state index contributed by atoms with van der Waals surface area (Å²) in [4.78, 5) is 2.60. The molecule has 0 unspecified atom stereocenters. The molecule has 1 aliphatic rings. The first kappa shape index (κ1) is 22.0. The fourth-order valence-corrected chi connectivity index (χ4v) is 6.46. The summed E-state index contributed by atoms with van der Waals surface area (Å²) in [6.07, 6.45) is 2.24. The third kappa shape index (κ3) is 4.22. The van der Waals surface area contributed by atoms with Crippen LogP contribution in [0.3, 0.4) is 0 Å². The van der Waals surface area contributed by atoms with Crippen molar-refractivity contribution in [3.63, 3.8) is 0 Å². The molecule has 0 saturated carbocycles. The van der Waals surface area contributed by atoms with Crippen molar-refractivity contribution in [2.24, 2.45) is 0 Å². The third-order valence-electron chi connectivity index (χ3n) is 7.46. The van der Waals surface area contributed by atoms with Gasteiger partial charge in [-0.3, -0.25) is 0 Å². The highest BCUT2D eigenvalue weighted by atomic mass is 32.1. The number of hydrogen-bond acceptors (Lipinski definition) is 1. The van der Waals surface area contributed by atoms with Gasteiger partial charge in [-0.1, -0.05) is 121 Å². The van der Waals surface area contributed by atoms with E-state index >= 15 is 0 Å². The molecule has 0 spiro atoms. The quantitative estimate of drug-likeness (QED) is 0.231. The Morgan fingerprint density at radius 3 is 1.54 bits per heavy atom. The van der Waals surface area contributed by atoms with Gasteiger partial charge in [0.1, 0.15) is 0 Å². The van der Waals surface area contributed by atoms with Gasteiger partial charge in [0.25, 0.3) is 0 Å². The minimum atomic E-state index is 1.11. The number of hydrogen-bond donors (Lipinski definition) is 0. The van der Waals surface area contributed by atoms with E-state index in [1.807, 2.05) is 11.3 Å². The second kappa shape index (κ2) is 9.35. The molecule has 6 aromatic rings. The van der Waals surface area contributed by atoms with Gasteiger partial charge in [0, 0.05) is 9.75 Å². The zero-order chi connectivity index (χ0) is 24.6. The summed E-state index contributed by atoms with van der Waals surface area (Å²) in [7, 11) is 0. The first-order valence-electron chi connectivity index (χ1n) is 12.9.